The van der Waals surface area contributed by atoms with Gasteiger partial charge >= 0.3 is 0 Å². The standard InChI is InChI=1S/C18H20FN3O5S/c1-20(13-14-3-2-4-15(19)11-14)17-6-5-16(22(23)24)12-18(17)28(25,26)21-7-9-27-10-8-21/h2-6,11-12H,7-10,13H2,1H3. The Morgan fingerprint density at radius 1 is 1.21 bits per heavy atom. The Hall–Kier alpha value is -2.56. The van der Waals surface area contributed by atoms with E-state index in [0.29, 0.717) is 11.3 Å². The van der Waals surface area contributed by atoms with Gasteiger partial charge in [-0.3, -0.25) is 10.1 Å². The zero-order chi connectivity index (χ0) is 20.3. The van der Waals surface area contributed by atoms with Gasteiger partial charge in [0.05, 0.1) is 23.8 Å². The molecule has 0 amide bonds. The minimum Gasteiger partial charge on any atom is -0.379 e. The van der Waals surface area contributed by atoms with Crippen LogP contribution >= 0.6 is 0 Å². The fraction of sp³-hybridized carbons (Fsp3) is 0.333. The van der Waals surface area contributed by atoms with Crippen molar-refractivity contribution in [2.45, 2.75) is 11.4 Å². The first-order chi connectivity index (χ1) is 13.3. The van der Waals surface area contributed by atoms with Gasteiger partial charge in [0.15, 0.2) is 0 Å². The predicted molar refractivity (Wildman–Crippen MR) is 101 cm³/mol. The maximum absolute atomic E-state index is 13.5. The summed E-state index contributed by atoms with van der Waals surface area (Å²) in [6, 6.07) is 9.71. The van der Waals surface area contributed by atoms with E-state index in [-0.39, 0.29) is 43.4 Å². The lowest BCUT2D eigenvalue weighted by atomic mass is 10.2. The normalized spacial score (nSPS) is 15.4. The number of nitro benzene ring substituents is 1. The van der Waals surface area contributed by atoms with Gasteiger partial charge in [0.1, 0.15) is 10.7 Å². The molecular formula is C18H20FN3O5S. The molecule has 0 spiro atoms. The number of anilines is 1. The van der Waals surface area contributed by atoms with Crippen LogP contribution in [-0.4, -0.2) is 51.0 Å². The Morgan fingerprint density at radius 3 is 2.57 bits per heavy atom. The van der Waals surface area contributed by atoms with Crippen molar-refractivity contribution >= 4 is 21.4 Å². The molecule has 0 N–H and O–H groups in total. The summed E-state index contributed by atoms with van der Waals surface area (Å²) < 4.78 is 46.2. The molecule has 2 aromatic carbocycles. The van der Waals surface area contributed by atoms with Crippen LogP contribution in [-0.2, 0) is 21.3 Å². The Morgan fingerprint density at radius 2 is 1.93 bits per heavy atom. The molecule has 28 heavy (non-hydrogen) atoms. The van der Waals surface area contributed by atoms with E-state index in [4.69, 9.17) is 4.74 Å². The third-order valence-electron chi connectivity index (χ3n) is 4.46. The number of benzene rings is 2. The molecule has 2 aromatic rings. The molecule has 150 valence electrons. The van der Waals surface area contributed by atoms with E-state index in [1.54, 1.807) is 24.1 Å². The van der Waals surface area contributed by atoms with Crippen LogP contribution in [0.5, 0.6) is 0 Å². The van der Waals surface area contributed by atoms with Crippen molar-refractivity contribution < 1.29 is 22.5 Å². The highest BCUT2D eigenvalue weighted by atomic mass is 32.2. The topological polar surface area (TPSA) is 93.0 Å². The van der Waals surface area contributed by atoms with Gasteiger partial charge in [0.25, 0.3) is 5.69 Å². The second kappa shape index (κ2) is 8.21. The largest absolute Gasteiger partial charge is 0.379 e. The fourth-order valence-electron chi connectivity index (χ4n) is 3.06. The number of hydrogen-bond donors (Lipinski definition) is 0. The van der Waals surface area contributed by atoms with Gasteiger partial charge in [0, 0.05) is 38.8 Å². The first-order valence-corrected chi connectivity index (χ1v) is 10.0. The smallest absolute Gasteiger partial charge is 0.270 e. The van der Waals surface area contributed by atoms with Crippen molar-refractivity contribution in [3.05, 3.63) is 64.0 Å². The zero-order valence-corrected chi connectivity index (χ0v) is 16.1. The number of hydrogen-bond acceptors (Lipinski definition) is 6. The number of non-ortho nitro benzene ring substituents is 1. The van der Waals surface area contributed by atoms with E-state index >= 15 is 0 Å². The highest BCUT2D eigenvalue weighted by Crippen LogP contribution is 2.32. The number of halogens is 1. The maximum atomic E-state index is 13.5. The van der Waals surface area contributed by atoms with Crippen LogP contribution in [0.3, 0.4) is 0 Å². The van der Waals surface area contributed by atoms with E-state index in [0.717, 1.165) is 6.07 Å². The lowest BCUT2D eigenvalue weighted by Crippen LogP contribution is -2.41. The van der Waals surface area contributed by atoms with Crippen molar-refractivity contribution in [1.29, 1.82) is 0 Å². The number of sulfonamides is 1. The molecular weight excluding hydrogens is 389 g/mol. The molecule has 1 fully saturated rings. The van der Waals surface area contributed by atoms with Gasteiger partial charge in [-0.15, -0.1) is 0 Å². The van der Waals surface area contributed by atoms with Crippen molar-refractivity contribution in [3.63, 3.8) is 0 Å². The Labute approximate surface area is 162 Å². The lowest BCUT2D eigenvalue weighted by Gasteiger charge is -2.29. The average Bonchev–Trinajstić information content (AvgIpc) is 2.68. The van der Waals surface area contributed by atoms with Crippen LogP contribution in [0.25, 0.3) is 0 Å². The fourth-order valence-corrected chi connectivity index (χ4v) is 4.72. The molecule has 0 aromatic heterocycles. The lowest BCUT2D eigenvalue weighted by molar-refractivity contribution is -0.385. The van der Waals surface area contributed by atoms with Crippen LogP contribution in [0.2, 0.25) is 0 Å². The van der Waals surface area contributed by atoms with Crippen molar-refractivity contribution in [3.8, 4) is 0 Å². The summed E-state index contributed by atoms with van der Waals surface area (Å²) >= 11 is 0. The molecule has 1 aliphatic heterocycles. The van der Waals surface area contributed by atoms with Crippen molar-refractivity contribution in [2.24, 2.45) is 0 Å². The highest BCUT2D eigenvalue weighted by molar-refractivity contribution is 7.89. The SMILES string of the molecule is CN(Cc1cccc(F)c1)c1ccc([N+](=O)[O-])cc1S(=O)(=O)N1CCOCC1. The summed E-state index contributed by atoms with van der Waals surface area (Å²) in [5, 5.41) is 11.2. The van der Waals surface area contributed by atoms with Gasteiger partial charge in [0.2, 0.25) is 10.0 Å². The van der Waals surface area contributed by atoms with Crippen molar-refractivity contribution in [1.82, 2.24) is 4.31 Å². The molecule has 1 saturated heterocycles. The third kappa shape index (κ3) is 4.29. The average molecular weight is 409 g/mol. The number of ether oxygens (including phenoxy) is 1. The molecule has 0 aliphatic carbocycles. The summed E-state index contributed by atoms with van der Waals surface area (Å²) in [7, 11) is -2.30. The van der Waals surface area contributed by atoms with Gasteiger partial charge in [-0.2, -0.15) is 4.31 Å². The summed E-state index contributed by atoms with van der Waals surface area (Å²) in [5.74, 6) is -0.393. The monoisotopic (exact) mass is 409 g/mol. The van der Waals surface area contributed by atoms with E-state index in [1.807, 2.05) is 0 Å². The molecule has 8 nitrogen and oxygen atoms in total. The molecule has 1 heterocycles. The quantitative estimate of drug-likeness (QED) is 0.537. The molecule has 1 aliphatic rings. The molecule has 0 radical (unpaired) electrons. The van der Waals surface area contributed by atoms with E-state index in [2.05, 4.69) is 0 Å². The minimum absolute atomic E-state index is 0.150. The number of nitrogens with zero attached hydrogens (tertiary/aromatic N) is 3. The van der Waals surface area contributed by atoms with Gasteiger partial charge in [-0.05, 0) is 23.8 Å². The Kier molecular flexibility index (Phi) is 5.92. The predicted octanol–water partition coefficient (Wildman–Crippen LogP) is 2.39. The van der Waals surface area contributed by atoms with E-state index < -0.39 is 20.8 Å². The van der Waals surface area contributed by atoms with Gasteiger partial charge < -0.3 is 9.64 Å². The summed E-state index contributed by atoms with van der Waals surface area (Å²) in [4.78, 5) is 12.0. The second-order valence-electron chi connectivity index (χ2n) is 6.41. The van der Waals surface area contributed by atoms with Gasteiger partial charge in [-0.1, -0.05) is 12.1 Å². The number of morpholine rings is 1. The Balaban J connectivity index is 2.01. The molecule has 3 rings (SSSR count). The van der Waals surface area contributed by atoms with Crippen molar-refractivity contribution in [2.75, 3.05) is 38.3 Å². The van der Waals surface area contributed by atoms with Crippen LogP contribution in [0.1, 0.15) is 5.56 Å². The van der Waals surface area contributed by atoms with Crippen LogP contribution in [0.15, 0.2) is 47.4 Å². The molecule has 0 bridgehead atoms. The first-order valence-electron chi connectivity index (χ1n) is 8.61. The molecule has 0 saturated carbocycles. The van der Waals surface area contributed by atoms with Crippen LogP contribution < -0.4 is 4.90 Å². The summed E-state index contributed by atoms with van der Waals surface area (Å²) in [5.41, 5.74) is 0.645. The van der Waals surface area contributed by atoms with E-state index in [1.165, 1.54) is 28.6 Å². The van der Waals surface area contributed by atoms with E-state index in [9.17, 15) is 22.9 Å². The molecule has 0 unspecified atom stereocenters. The highest BCUT2D eigenvalue weighted by Gasteiger charge is 2.31. The number of nitro groups is 1. The summed E-state index contributed by atoms with van der Waals surface area (Å²) in [6.07, 6.45) is 0. The number of rotatable bonds is 6. The van der Waals surface area contributed by atoms with Gasteiger partial charge in [-0.25, -0.2) is 12.8 Å². The first kappa shape index (κ1) is 20.2. The maximum Gasteiger partial charge on any atom is 0.270 e. The zero-order valence-electron chi connectivity index (χ0n) is 15.2. The summed E-state index contributed by atoms with van der Waals surface area (Å²) in [6.45, 7) is 1.13. The molecule has 10 heteroatoms. The molecule has 0 atom stereocenters. The van der Waals surface area contributed by atoms with Crippen LogP contribution in [0, 0.1) is 15.9 Å². The Bertz CT molecular complexity index is 977. The second-order valence-corrected chi connectivity index (χ2v) is 8.32. The van der Waals surface area contributed by atoms with Crippen LogP contribution in [0.4, 0.5) is 15.8 Å². The third-order valence-corrected chi connectivity index (χ3v) is 6.39. The minimum atomic E-state index is -3.96.